The second-order valence-electron chi connectivity index (χ2n) is 4.98. The lowest BCUT2D eigenvalue weighted by atomic mass is 10.2. The molecule has 0 saturated heterocycles. The highest BCUT2D eigenvalue weighted by Crippen LogP contribution is 2.34. The summed E-state index contributed by atoms with van der Waals surface area (Å²) in [5.41, 5.74) is 1.76. The van der Waals surface area contributed by atoms with Gasteiger partial charge in [-0.05, 0) is 12.1 Å². The summed E-state index contributed by atoms with van der Waals surface area (Å²) < 4.78 is 17.8. The molecule has 0 unspecified atom stereocenters. The van der Waals surface area contributed by atoms with Crippen LogP contribution in [0.4, 0.5) is 0 Å². The van der Waals surface area contributed by atoms with Gasteiger partial charge in [0.25, 0.3) is 0 Å². The molecule has 3 aromatic rings. The van der Waals surface area contributed by atoms with Crippen molar-refractivity contribution in [3.05, 3.63) is 48.8 Å². The Labute approximate surface area is 132 Å². The summed E-state index contributed by atoms with van der Waals surface area (Å²) in [5.74, 6) is 2.88. The summed E-state index contributed by atoms with van der Waals surface area (Å²) in [7, 11) is 1.61. The molecule has 4 rings (SSSR count). The first-order valence-corrected chi connectivity index (χ1v) is 7.09. The van der Waals surface area contributed by atoms with Crippen molar-refractivity contribution < 1.29 is 14.2 Å². The number of hydrogen-bond acceptors (Lipinski definition) is 6. The second kappa shape index (κ2) is 5.69. The minimum atomic E-state index is 0.254. The van der Waals surface area contributed by atoms with Gasteiger partial charge in [-0.1, -0.05) is 0 Å². The summed E-state index contributed by atoms with van der Waals surface area (Å²) in [6, 6.07) is 5.77. The van der Waals surface area contributed by atoms with E-state index in [0.29, 0.717) is 12.4 Å². The number of ether oxygens (including phenoxy) is 3. The molecule has 1 aliphatic rings. The summed E-state index contributed by atoms with van der Waals surface area (Å²) in [6.45, 7) is 0.640. The van der Waals surface area contributed by atoms with Gasteiger partial charge in [-0.15, -0.1) is 0 Å². The van der Waals surface area contributed by atoms with E-state index in [2.05, 4.69) is 15.0 Å². The standard InChI is InChI=1S/C16H14N4O3/c1-21-9-15-18-7-11(8-19-15)16-17-4-5-20(16)12-2-3-13-14(6-12)23-10-22-13/h2-8H,9-10H2,1H3. The molecule has 0 N–H and O–H groups in total. The van der Waals surface area contributed by atoms with Gasteiger partial charge in [0.1, 0.15) is 12.4 Å². The van der Waals surface area contributed by atoms with Crippen LogP contribution in [0.1, 0.15) is 5.82 Å². The molecular formula is C16H14N4O3. The number of aromatic nitrogens is 4. The molecule has 2 aromatic heterocycles. The number of hydrogen-bond donors (Lipinski definition) is 0. The molecule has 0 bridgehead atoms. The molecule has 23 heavy (non-hydrogen) atoms. The van der Waals surface area contributed by atoms with Crippen LogP contribution in [0, 0.1) is 0 Å². The maximum absolute atomic E-state index is 5.43. The normalized spacial score (nSPS) is 12.6. The number of rotatable bonds is 4. The minimum Gasteiger partial charge on any atom is -0.454 e. The lowest BCUT2D eigenvalue weighted by Crippen LogP contribution is -2.00. The third-order valence-electron chi connectivity index (χ3n) is 3.51. The van der Waals surface area contributed by atoms with Gasteiger partial charge < -0.3 is 14.2 Å². The Bertz CT molecular complexity index is 830. The SMILES string of the molecule is COCc1ncc(-c2nccn2-c2ccc3c(c2)OCO3)cn1. The van der Waals surface area contributed by atoms with Crippen LogP contribution < -0.4 is 9.47 Å². The Morgan fingerprint density at radius 1 is 1.13 bits per heavy atom. The summed E-state index contributed by atoms with van der Waals surface area (Å²) in [5, 5.41) is 0. The molecule has 7 nitrogen and oxygen atoms in total. The minimum absolute atomic E-state index is 0.254. The fraction of sp³-hybridized carbons (Fsp3) is 0.188. The Morgan fingerprint density at radius 2 is 1.96 bits per heavy atom. The van der Waals surface area contributed by atoms with Crippen molar-refractivity contribution in [2.75, 3.05) is 13.9 Å². The summed E-state index contributed by atoms with van der Waals surface area (Å²) in [4.78, 5) is 13.0. The predicted molar refractivity (Wildman–Crippen MR) is 81.4 cm³/mol. The van der Waals surface area contributed by atoms with Gasteiger partial charge in [0.2, 0.25) is 6.79 Å². The van der Waals surface area contributed by atoms with Crippen molar-refractivity contribution in [1.82, 2.24) is 19.5 Å². The number of fused-ring (bicyclic) bond motifs is 1. The third kappa shape index (κ3) is 2.51. The van der Waals surface area contributed by atoms with Crippen molar-refractivity contribution in [2.45, 2.75) is 6.61 Å². The maximum atomic E-state index is 5.43. The van der Waals surface area contributed by atoms with E-state index < -0.39 is 0 Å². The Hall–Kier alpha value is -2.93. The van der Waals surface area contributed by atoms with Crippen LogP contribution in [-0.4, -0.2) is 33.4 Å². The Balaban J connectivity index is 1.71. The first kappa shape index (κ1) is 13.7. The van der Waals surface area contributed by atoms with Gasteiger partial charge in [-0.2, -0.15) is 0 Å². The Morgan fingerprint density at radius 3 is 2.78 bits per heavy atom. The number of methoxy groups -OCH3 is 1. The van der Waals surface area contributed by atoms with Crippen molar-refractivity contribution in [3.63, 3.8) is 0 Å². The highest BCUT2D eigenvalue weighted by molar-refractivity contribution is 5.58. The first-order chi connectivity index (χ1) is 11.3. The smallest absolute Gasteiger partial charge is 0.231 e. The van der Waals surface area contributed by atoms with E-state index in [1.54, 1.807) is 25.7 Å². The molecule has 3 heterocycles. The van der Waals surface area contributed by atoms with E-state index in [0.717, 1.165) is 28.6 Å². The topological polar surface area (TPSA) is 71.3 Å². The molecule has 0 saturated carbocycles. The van der Waals surface area contributed by atoms with Crippen molar-refractivity contribution >= 4 is 0 Å². The monoisotopic (exact) mass is 310 g/mol. The molecule has 0 atom stereocenters. The zero-order valence-electron chi connectivity index (χ0n) is 12.5. The largest absolute Gasteiger partial charge is 0.454 e. The summed E-state index contributed by atoms with van der Waals surface area (Å²) in [6.07, 6.45) is 7.11. The molecule has 0 radical (unpaired) electrons. The number of imidazole rings is 1. The first-order valence-electron chi connectivity index (χ1n) is 7.09. The van der Waals surface area contributed by atoms with Gasteiger partial charge in [-0.25, -0.2) is 15.0 Å². The molecule has 0 spiro atoms. The quantitative estimate of drug-likeness (QED) is 0.736. The third-order valence-corrected chi connectivity index (χ3v) is 3.51. The predicted octanol–water partition coefficient (Wildman–Crippen LogP) is 2.20. The van der Waals surface area contributed by atoms with Gasteiger partial charge in [0.15, 0.2) is 17.3 Å². The van der Waals surface area contributed by atoms with Crippen molar-refractivity contribution in [3.8, 4) is 28.6 Å². The zero-order chi connectivity index (χ0) is 15.6. The van der Waals surface area contributed by atoms with Crippen LogP contribution in [-0.2, 0) is 11.3 Å². The highest BCUT2D eigenvalue weighted by atomic mass is 16.7. The van der Waals surface area contributed by atoms with E-state index in [1.807, 2.05) is 29.0 Å². The average molecular weight is 310 g/mol. The molecule has 7 heteroatoms. The maximum Gasteiger partial charge on any atom is 0.231 e. The fourth-order valence-electron chi connectivity index (χ4n) is 2.43. The van der Waals surface area contributed by atoms with Gasteiger partial charge in [-0.3, -0.25) is 4.57 Å². The van der Waals surface area contributed by atoms with Crippen LogP contribution in [0.15, 0.2) is 43.0 Å². The molecule has 1 aliphatic heterocycles. The van der Waals surface area contributed by atoms with Crippen molar-refractivity contribution in [2.24, 2.45) is 0 Å². The highest BCUT2D eigenvalue weighted by Gasteiger charge is 2.16. The molecule has 116 valence electrons. The van der Waals surface area contributed by atoms with Gasteiger partial charge in [0, 0.05) is 38.0 Å². The second-order valence-corrected chi connectivity index (χ2v) is 4.98. The lowest BCUT2D eigenvalue weighted by Gasteiger charge is -2.09. The Kier molecular flexibility index (Phi) is 3.39. The van der Waals surface area contributed by atoms with Crippen LogP contribution in [0.3, 0.4) is 0 Å². The van der Waals surface area contributed by atoms with Crippen LogP contribution in [0.2, 0.25) is 0 Å². The lowest BCUT2D eigenvalue weighted by molar-refractivity contribution is 0.174. The van der Waals surface area contributed by atoms with Crippen LogP contribution in [0.25, 0.3) is 17.1 Å². The molecule has 0 aliphatic carbocycles. The molecule has 0 fully saturated rings. The van der Waals surface area contributed by atoms with E-state index in [1.165, 1.54) is 0 Å². The van der Waals surface area contributed by atoms with Crippen LogP contribution >= 0.6 is 0 Å². The van der Waals surface area contributed by atoms with Crippen molar-refractivity contribution in [1.29, 1.82) is 0 Å². The average Bonchev–Trinajstić information content (AvgIpc) is 3.24. The van der Waals surface area contributed by atoms with Crippen LogP contribution in [0.5, 0.6) is 11.5 Å². The number of nitrogens with zero attached hydrogens (tertiary/aromatic N) is 4. The van der Waals surface area contributed by atoms with E-state index >= 15 is 0 Å². The molecule has 0 amide bonds. The van der Waals surface area contributed by atoms with Gasteiger partial charge >= 0.3 is 0 Å². The van der Waals surface area contributed by atoms with E-state index in [-0.39, 0.29) is 6.79 Å². The summed E-state index contributed by atoms with van der Waals surface area (Å²) >= 11 is 0. The van der Waals surface area contributed by atoms with E-state index in [9.17, 15) is 0 Å². The zero-order valence-corrected chi connectivity index (χ0v) is 12.5. The molecule has 1 aromatic carbocycles. The number of benzene rings is 1. The van der Waals surface area contributed by atoms with E-state index in [4.69, 9.17) is 14.2 Å². The molecular weight excluding hydrogens is 296 g/mol. The van der Waals surface area contributed by atoms with Gasteiger partial charge in [0.05, 0.1) is 11.3 Å². The fourth-order valence-corrected chi connectivity index (χ4v) is 2.43.